The van der Waals surface area contributed by atoms with Crippen molar-refractivity contribution in [3.05, 3.63) is 11.4 Å². The molecule has 1 aliphatic rings. The van der Waals surface area contributed by atoms with Crippen molar-refractivity contribution in [2.24, 2.45) is 0 Å². The zero-order chi connectivity index (χ0) is 11.7. The van der Waals surface area contributed by atoms with Crippen molar-refractivity contribution < 1.29 is 19.4 Å². The van der Waals surface area contributed by atoms with Gasteiger partial charge in [-0.15, -0.1) is 5.10 Å². The van der Waals surface area contributed by atoms with E-state index in [-0.39, 0.29) is 24.5 Å². The first-order valence-electron chi connectivity index (χ1n) is 4.61. The Labute approximate surface area is 90.2 Å². The predicted molar refractivity (Wildman–Crippen MR) is 49.7 cm³/mol. The van der Waals surface area contributed by atoms with Crippen molar-refractivity contribution in [1.29, 1.82) is 0 Å². The second kappa shape index (κ2) is 3.89. The minimum absolute atomic E-state index is 0.0663. The molecule has 0 fully saturated rings. The lowest BCUT2D eigenvalue weighted by molar-refractivity contribution is 0.0587. The number of ether oxygens (including phenoxy) is 1. The lowest BCUT2D eigenvalue weighted by Crippen LogP contribution is -2.47. The van der Waals surface area contributed by atoms with Gasteiger partial charge in [0.15, 0.2) is 5.69 Å². The molecule has 2 rings (SSSR count). The molecular weight excluding hydrogens is 216 g/mol. The highest BCUT2D eigenvalue weighted by Crippen LogP contribution is 2.12. The van der Waals surface area contributed by atoms with Crippen LogP contribution in [0, 0.1) is 0 Å². The van der Waals surface area contributed by atoms with Gasteiger partial charge in [0, 0.05) is 0 Å². The van der Waals surface area contributed by atoms with Gasteiger partial charge < -0.3 is 15.2 Å². The van der Waals surface area contributed by atoms with Crippen LogP contribution in [0.2, 0.25) is 0 Å². The highest BCUT2D eigenvalue weighted by Gasteiger charge is 2.31. The van der Waals surface area contributed by atoms with Crippen molar-refractivity contribution in [2.45, 2.75) is 12.6 Å². The molecular formula is C8H10N4O4. The monoisotopic (exact) mass is 226 g/mol. The van der Waals surface area contributed by atoms with Crippen LogP contribution in [0.25, 0.3) is 0 Å². The summed E-state index contributed by atoms with van der Waals surface area (Å²) in [4.78, 5) is 22.9. The fraction of sp³-hybridized carbons (Fsp3) is 0.500. The number of carbonyl (C=O) groups excluding carboxylic acids is 2. The van der Waals surface area contributed by atoms with E-state index in [1.165, 1.54) is 11.8 Å². The first-order valence-corrected chi connectivity index (χ1v) is 4.61. The predicted octanol–water partition coefficient (Wildman–Crippen LogP) is -1.83. The van der Waals surface area contributed by atoms with Gasteiger partial charge in [0.25, 0.3) is 5.91 Å². The molecule has 1 atom stereocenters. The zero-order valence-electron chi connectivity index (χ0n) is 8.51. The molecule has 0 radical (unpaired) electrons. The van der Waals surface area contributed by atoms with Gasteiger partial charge in [-0.3, -0.25) is 4.79 Å². The molecule has 1 unspecified atom stereocenters. The van der Waals surface area contributed by atoms with Crippen LogP contribution < -0.4 is 5.32 Å². The first kappa shape index (κ1) is 10.6. The molecule has 2 heterocycles. The van der Waals surface area contributed by atoms with Gasteiger partial charge in [0.1, 0.15) is 0 Å². The van der Waals surface area contributed by atoms with Gasteiger partial charge >= 0.3 is 5.97 Å². The van der Waals surface area contributed by atoms with Crippen LogP contribution in [0.5, 0.6) is 0 Å². The van der Waals surface area contributed by atoms with Crippen molar-refractivity contribution in [3.63, 3.8) is 0 Å². The number of aliphatic hydroxyl groups excluding tert-OH is 1. The molecule has 0 aromatic carbocycles. The van der Waals surface area contributed by atoms with Crippen molar-refractivity contribution in [1.82, 2.24) is 20.3 Å². The fourth-order valence-corrected chi connectivity index (χ4v) is 1.51. The number of nitrogens with zero attached hydrogens (tertiary/aromatic N) is 3. The minimum atomic E-state index is -0.709. The third-order valence-electron chi connectivity index (χ3n) is 2.28. The minimum Gasteiger partial charge on any atom is -0.464 e. The summed E-state index contributed by atoms with van der Waals surface area (Å²) >= 11 is 0. The zero-order valence-corrected chi connectivity index (χ0v) is 8.51. The molecule has 0 aliphatic carbocycles. The molecule has 86 valence electrons. The Kier molecular flexibility index (Phi) is 2.57. The van der Waals surface area contributed by atoms with Gasteiger partial charge in [-0.2, -0.15) is 0 Å². The third-order valence-corrected chi connectivity index (χ3v) is 2.28. The summed E-state index contributed by atoms with van der Waals surface area (Å²) in [5, 5.41) is 18.7. The van der Waals surface area contributed by atoms with Gasteiger partial charge in [-0.25, -0.2) is 9.48 Å². The summed E-state index contributed by atoms with van der Waals surface area (Å²) in [5.41, 5.74) is -0.0482. The number of carbonyl (C=O) groups is 2. The summed E-state index contributed by atoms with van der Waals surface area (Å²) in [6.07, 6.45) is 0. The van der Waals surface area contributed by atoms with E-state index in [0.29, 0.717) is 0 Å². The average Bonchev–Trinajstić information content (AvgIpc) is 2.72. The summed E-state index contributed by atoms with van der Waals surface area (Å²) < 4.78 is 5.76. The topological polar surface area (TPSA) is 106 Å². The normalized spacial score (nSPS) is 18.9. The van der Waals surface area contributed by atoms with Gasteiger partial charge in [0.05, 0.1) is 26.3 Å². The molecule has 0 saturated heterocycles. The van der Waals surface area contributed by atoms with Gasteiger partial charge in [-0.05, 0) is 0 Å². The highest BCUT2D eigenvalue weighted by molar-refractivity contribution is 6.03. The van der Waals surface area contributed by atoms with Crippen molar-refractivity contribution in [2.75, 3.05) is 13.7 Å². The van der Waals surface area contributed by atoms with Crippen molar-refractivity contribution >= 4 is 11.9 Å². The first-order chi connectivity index (χ1) is 7.67. The Morgan fingerprint density at radius 2 is 2.50 bits per heavy atom. The van der Waals surface area contributed by atoms with Crippen LogP contribution in [0.3, 0.4) is 0 Å². The third kappa shape index (κ3) is 1.52. The highest BCUT2D eigenvalue weighted by atomic mass is 16.5. The van der Waals surface area contributed by atoms with E-state index in [1.807, 2.05) is 0 Å². The van der Waals surface area contributed by atoms with Crippen LogP contribution in [0.1, 0.15) is 21.0 Å². The quantitative estimate of drug-likeness (QED) is 0.574. The molecule has 2 N–H and O–H groups in total. The molecule has 16 heavy (non-hydrogen) atoms. The van der Waals surface area contributed by atoms with E-state index in [4.69, 9.17) is 5.11 Å². The van der Waals surface area contributed by atoms with Crippen molar-refractivity contribution in [3.8, 4) is 0 Å². The number of hydrogen-bond donors (Lipinski definition) is 2. The van der Waals surface area contributed by atoms with Crippen LogP contribution in [-0.2, 0) is 11.3 Å². The molecule has 1 aromatic heterocycles. The molecule has 0 saturated carbocycles. The maximum atomic E-state index is 11.6. The lowest BCUT2D eigenvalue weighted by Gasteiger charge is -2.22. The number of hydrogen-bond acceptors (Lipinski definition) is 6. The fourth-order valence-electron chi connectivity index (χ4n) is 1.51. The van der Waals surface area contributed by atoms with Crippen LogP contribution in [0.4, 0.5) is 0 Å². The molecule has 8 heteroatoms. The Hall–Kier alpha value is -1.96. The summed E-state index contributed by atoms with van der Waals surface area (Å²) in [6.45, 7) is 0.0835. The van der Waals surface area contributed by atoms with E-state index in [2.05, 4.69) is 20.4 Å². The maximum Gasteiger partial charge on any atom is 0.361 e. The molecule has 0 bridgehead atoms. The largest absolute Gasteiger partial charge is 0.464 e. The molecule has 8 nitrogen and oxygen atoms in total. The van der Waals surface area contributed by atoms with Crippen LogP contribution in [-0.4, -0.2) is 51.7 Å². The molecule has 0 spiro atoms. The number of aromatic nitrogens is 3. The maximum absolute atomic E-state index is 11.6. The number of rotatable bonds is 2. The number of methoxy groups -OCH3 is 1. The van der Waals surface area contributed by atoms with E-state index in [9.17, 15) is 9.59 Å². The molecule has 1 amide bonds. The second-order valence-corrected chi connectivity index (χ2v) is 3.31. The number of aliphatic hydroxyl groups is 1. The van der Waals surface area contributed by atoms with E-state index < -0.39 is 17.9 Å². The Morgan fingerprint density at radius 3 is 3.12 bits per heavy atom. The number of amides is 1. The second-order valence-electron chi connectivity index (χ2n) is 3.31. The Balaban J connectivity index is 2.39. The Morgan fingerprint density at radius 1 is 1.75 bits per heavy atom. The summed E-state index contributed by atoms with van der Waals surface area (Å²) in [7, 11) is 1.20. The van der Waals surface area contributed by atoms with Crippen LogP contribution in [0.15, 0.2) is 0 Å². The van der Waals surface area contributed by atoms with E-state index in [1.54, 1.807) is 0 Å². The summed E-state index contributed by atoms with van der Waals surface area (Å²) in [6, 6.07) is -0.410. The van der Waals surface area contributed by atoms with E-state index in [0.717, 1.165) is 0 Å². The summed E-state index contributed by atoms with van der Waals surface area (Å²) in [5.74, 6) is -1.20. The smallest absolute Gasteiger partial charge is 0.361 e. The van der Waals surface area contributed by atoms with Gasteiger partial charge in [0.2, 0.25) is 5.69 Å². The van der Waals surface area contributed by atoms with Gasteiger partial charge in [-0.1, -0.05) is 5.21 Å². The average molecular weight is 226 g/mol. The van der Waals surface area contributed by atoms with E-state index >= 15 is 0 Å². The number of fused-ring (bicyclic) bond motifs is 1. The van der Waals surface area contributed by atoms with Crippen LogP contribution >= 0.6 is 0 Å². The number of esters is 1. The SMILES string of the molecule is COC(=O)c1nnn2c1C(=O)NC(CO)C2. The molecule has 1 aromatic rings. The Bertz CT molecular complexity index is 441. The number of nitrogens with one attached hydrogen (secondary N) is 1. The molecule has 1 aliphatic heterocycles. The standard InChI is InChI=1S/C8H10N4O4/c1-16-8(15)5-6-7(14)9-4(3-13)2-12(6)11-10-5/h4,13H,2-3H2,1H3,(H,9,14). The lowest BCUT2D eigenvalue weighted by atomic mass is 10.2.